The molecule has 3 aromatic rings. The molecule has 1 aliphatic rings. The third-order valence-electron chi connectivity index (χ3n) is 6.16. The molecule has 0 saturated carbocycles. The van der Waals surface area contributed by atoms with Crippen molar-refractivity contribution in [1.29, 1.82) is 0 Å². The van der Waals surface area contributed by atoms with Gasteiger partial charge in [0.15, 0.2) is 6.10 Å². The number of aryl methyl sites for hydroxylation is 1. The predicted octanol–water partition coefficient (Wildman–Crippen LogP) is 4.83. The van der Waals surface area contributed by atoms with Crippen LogP contribution in [0.1, 0.15) is 37.6 Å². The van der Waals surface area contributed by atoms with Crippen molar-refractivity contribution < 1.29 is 28.6 Å². The number of aromatic nitrogens is 1. The molecular weight excluding hydrogens is 436 g/mol. The molecule has 0 bridgehead atoms. The number of aliphatic carboxylic acids is 1. The highest BCUT2D eigenvalue weighted by molar-refractivity contribution is 5.86. The zero-order valence-electron chi connectivity index (χ0n) is 19.5. The lowest BCUT2D eigenvalue weighted by Gasteiger charge is -2.32. The molecule has 2 aromatic carbocycles. The molecule has 1 unspecified atom stereocenters. The van der Waals surface area contributed by atoms with Crippen LogP contribution >= 0.6 is 0 Å². The van der Waals surface area contributed by atoms with Crippen LogP contribution in [0.25, 0.3) is 22.2 Å². The summed E-state index contributed by atoms with van der Waals surface area (Å²) in [6, 6.07) is 14.2. The lowest BCUT2D eigenvalue weighted by molar-refractivity contribution is -0.156. The van der Waals surface area contributed by atoms with Crippen molar-refractivity contribution in [2.75, 3.05) is 19.7 Å². The fourth-order valence-corrected chi connectivity index (χ4v) is 4.17. The number of hydrogen-bond acceptors (Lipinski definition) is 6. The van der Waals surface area contributed by atoms with Gasteiger partial charge in [0.1, 0.15) is 5.76 Å². The summed E-state index contributed by atoms with van der Waals surface area (Å²) >= 11 is 0. The average molecular weight is 467 g/mol. The van der Waals surface area contributed by atoms with E-state index in [0.717, 1.165) is 22.0 Å². The van der Waals surface area contributed by atoms with E-state index in [2.05, 4.69) is 23.2 Å². The van der Waals surface area contributed by atoms with Gasteiger partial charge < -0.3 is 23.9 Å². The maximum absolute atomic E-state index is 12.4. The summed E-state index contributed by atoms with van der Waals surface area (Å²) in [6.07, 6.45) is 0.740. The van der Waals surface area contributed by atoms with Gasteiger partial charge >= 0.3 is 12.1 Å². The van der Waals surface area contributed by atoms with Crippen LogP contribution < -0.4 is 0 Å². The van der Waals surface area contributed by atoms with E-state index >= 15 is 0 Å². The number of fused-ring (bicyclic) bond motifs is 1. The number of rotatable bonds is 8. The molecule has 1 amide bonds. The van der Waals surface area contributed by atoms with Crippen molar-refractivity contribution in [3.63, 3.8) is 0 Å². The number of carbonyl (C=O) groups excluding carboxylic acids is 1. The van der Waals surface area contributed by atoms with Crippen molar-refractivity contribution in [3.05, 3.63) is 53.9 Å². The highest BCUT2D eigenvalue weighted by atomic mass is 16.6. The molecule has 34 heavy (non-hydrogen) atoms. The molecule has 0 aliphatic carbocycles. The fraction of sp³-hybridized carbons (Fsp3) is 0.423. The van der Waals surface area contributed by atoms with E-state index in [1.165, 1.54) is 0 Å². The number of piperidine rings is 1. The van der Waals surface area contributed by atoms with Gasteiger partial charge in [-0.25, -0.2) is 14.6 Å². The second-order valence-corrected chi connectivity index (χ2v) is 8.51. The van der Waals surface area contributed by atoms with Gasteiger partial charge in [0.25, 0.3) is 0 Å². The van der Waals surface area contributed by atoms with Crippen molar-refractivity contribution in [2.45, 2.75) is 51.7 Å². The zero-order chi connectivity index (χ0) is 24.1. The molecule has 4 rings (SSSR count). The first-order valence-electron chi connectivity index (χ1n) is 11.7. The standard InChI is InChI=1S/C26H30N2O6/c1-3-23(25(29)30)34-21-10-13-28(14-11-21)26(31)32-15-12-22-17(2)33-24(27-22)20-9-8-18-6-4-5-7-19(18)16-20/h4-9,16,21,23H,3,10-15H2,1-2H3,(H,29,30). The van der Waals surface area contributed by atoms with E-state index in [1.54, 1.807) is 11.8 Å². The predicted molar refractivity (Wildman–Crippen MR) is 127 cm³/mol. The minimum absolute atomic E-state index is 0.156. The maximum Gasteiger partial charge on any atom is 0.409 e. The molecular formula is C26H30N2O6. The minimum atomic E-state index is -0.948. The molecule has 1 aromatic heterocycles. The van der Waals surface area contributed by atoms with Gasteiger partial charge in [0.2, 0.25) is 5.89 Å². The normalized spacial score (nSPS) is 15.4. The van der Waals surface area contributed by atoms with Gasteiger partial charge in [0.05, 0.1) is 18.4 Å². The lowest BCUT2D eigenvalue weighted by Crippen LogP contribution is -2.43. The Kier molecular flexibility index (Phi) is 7.47. The summed E-state index contributed by atoms with van der Waals surface area (Å²) in [5, 5.41) is 11.4. The highest BCUT2D eigenvalue weighted by Crippen LogP contribution is 2.26. The quantitative estimate of drug-likeness (QED) is 0.507. The topological polar surface area (TPSA) is 102 Å². The van der Waals surface area contributed by atoms with Crippen molar-refractivity contribution in [2.24, 2.45) is 0 Å². The van der Waals surface area contributed by atoms with E-state index in [9.17, 15) is 9.59 Å². The SMILES string of the molecule is CCC(OC1CCN(C(=O)OCCc2nc(-c3ccc4ccccc4c3)oc2C)CC1)C(=O)O. The Morgan fingerprint density at radius 3 is 2.62 bits per heavy atom. The summed E-state index contributed by atoms with van der Waals surface area (Å²) in [6.45, 7) is 4.81. The number of oxazole rings is 1. The Bertz CT molecular complexity index is 1150. The number of carboxylic acids is 1. The number of carbonyl (C=O) groups is 2. The number of benzene rings is 2. The Morgan fingerprint density at radius 1 is 1.18 bits per heavy atom. The van der Waals surface area contributed by atoms with Gasteiger partial charge in [-0.05, 0) is 49.1 Å². The number of hydrogen-bond donors (Lipinski definition) is 1. The third-order valence-corrected chi connectivity index (χ3v) is 6.16. The van der Waals surface area contributed by atoms with E-state index < -0.39 is 12.1 Å². The summed E-state index contributed by atoms with van der Waals surface area (Å²) in [7, 11) is 0. The molecule has 1 fully saturated rings. The summed E-state index contributed by atoms with van der Waals surface area (Å²) in [5.41, 5.74) is 1.67. The minimum Gasteiger partial charge on any atom is -0.479 e. The molecule has 1 saturated heterocycles. The molecule has 8 heteroatoms. The van der Waals surface area contributed by atoms with E-state index in [1.807, 2.05) is 31.2 Å². The van der Waals surface area contributed by atoms with Crippen LogP contribution in [0, 0.1) is 6.92 Å². The Balaban J connectivity index is 1.26. The fourth-order valence-electron chi connectivity index (χ4n) is 4.17. The van der Waals surface area contributed by atoms with Crippen molar-refractivity contribution in [1.82, 2.24) is 9.88 Å². The first-order valence-corrected chi connectivity index (χ1v) is 11.7. The zero-order valence-corrected chi connectivity index (χ0v) is 19.5. The highest BCUT2D eigenvalue weighted by Gasteiger charge is 2.28. The molecule has 0 radical (unpaired) electrons. The van der Waals surface area contributed by atoms with Gasteiger partial charge in [-0.2, -0.15) is 0 Å². The molecule has 1 atom stereocenters. The summed E-state index contributed by atoms with van der Waals surface area (Å²) < 4.78 is 17.0. The number of carboxylic acid groups (broad SMARTS) is 1. The van der Waals surface area contributed by atoms with Crippen LogP contribution in [0.5, 0.6) is 0 Å². The number of ether oxygens (including phenoxy) is 2. The van der Waals surface area contributed by atoms with Crippen LogP contribution in [-0.2, 0) is 20.7 Å². The van der Waals surface area contributed by atoms with Crippen molar-refractivity contribution in [3.8, 4) is 11.5 Å². The van der Waals surface area contributed by atoms with Gasteiger partial charge in [0, 0.05) is 25.1 Å². The third kappa shape index (κ3) is 5.56. The van der Waals surface area contributed by atoms with Crippen LogP contribution in [0.4, 0.5) is 4.79 Å². The average Bonchev–Trinajstić information content (AvgIpc) is 3.22. The second kappa shape index (κ2) is 10.7. The Hall–Kier alpha value is -3.39. The smallest absolute Gasteiger partial charge is 0.409 e. The number of amides is 1. The molecule has 1 aliphatic heterocycles. The van der Waals surface area contributed by atoms with Crippen LogP contribution in [0.2, 0.25) is 0 Å². The molecule has 8 nitrogen and oxygen atoms in total. The molecule has 1 N–H and O–H groups in total. The Labute approximate surface area is 198 Å². The number of likely N-dealkylation sites (tertiary alicyclic amines) is 1. The van der Waals surface area contributed by atoms with Gasteiger partial charge in [-0.15, -0.1) is 0 Å². The second-order valence-electron chi connectivity index (χ2n) is 8.51. The molecule has 0 spiro atoms. The molecule has 180 valence electrons. The van der Waals surface area contributed by atoms with Crippen LogP contribution in [0.15, 0.2) is 46.9 Å². The molecule has 2 heterocycles. The first-order chi connectivity index (χ1) is 16.4. The Morgan fingerprint density at radius 2 is 1.91 bits per heavy atom. The van der Waals surface area contributed by atoms with E-state index in [4.69, 9.17) is 19.0 Å². The number of nitrogens with zero attached hydrogens (tertiary/aromatic N) is 2. The van der Waals surface area contributed by atoms with Crippen molar-refractivity contribution >= 4 is 22.8 Å². The summed E-state index contributed by atoms with van der Waals surface area (Å²) in [5.74, 6) is 0.315. The maximum atomic E-state index is 12.4. The largest absolute Gasteiger partial charge is 0.479 e. The van der Waals surface area contributed by atoms with Crippen LogP contribution in [0.3, 0.4) is 0 Å². The van der Waals surface area contributed by atoms with Gasteiger partial charge in [-0.3, -0.25) is 0 Å². The van der Waals surface area contributed by atoms with E-state index in [-0.39, 0.29) is 18.8 Å². The van der Waals surface area contributed by atoms with E-state index in [0.29, 0.717) is 50.4 Å². The monoisotopic (exact) mass is 466 g/mol. The first kappa shape index (κ1) is 23.8. The van der Waals surface area contributed by atoms with Gasteiger partial charge in [-0.1, -0.05) is 37.3 Å². The lowest BCUT2D eigenvalue weighted by atomic mass is 10.1. The summed E-state index contributed by atoms with van der Waals surface area (Å²) in [4.78, 5) is 29.8. The van der Waals surface area contributed by atoms with Crippen LogP contribution in [-0.4, -0.2) is 59.0 Å².